The van der Waals surface area contributed by atoms with Gasteiger partial charge in [0.25, 0.3) is 6.43 Å². The van der Waals surface area contributed by atoms with Crippen molar-refractivity contribution in [3.8, 4) is 6.07 Å². The highest BCUT2D eigenvalue weighted by Gasteiger charge is 2.10. The molecule has 1 atom stereocenters. The molecule has 2 N–H and O–H groups in total. The summed E-state index contributed by atoms with van der Waals surface area (Å²) >= 11 is 0. The van der Waals surface area contributed by atoms with Crippen molar-refractivity contribution < 1.29 is 8.78 Å². The average molecular weight is 196 g/mol. The fourth-order valence-corrected chi connectivity index (χ4v) is 1.14. The van der Waals surface area contributed by atoms with E-state index in [1.54, 1.807) is 6.07 Å². The van der Waals surface area contributed by atoms with Crippen LogP contribution < -0.4 is 5.73 Å². The number of hydrogen-bond acceptors (Lipinski definition) is 2. The van der Waals surface area contributed by atoms with Crippen LogP contribution >= 0.6 is 0 Å². The van der Waals surface area contributed by atoms with Gasteiger partial charge in [0.05, 0.1) is 12.5 Å². The van der Waals surface area contributed by atoms with Crippen molar-refractivity contribution in [2.24, 2.45) is 5.73 Å². The maximum Gasteiger partial charge on any atom is 0.263 e. The normalized spacial score (nSPS) is 12.5. The molecule has 4 heteroatoms. The van der Waals surface area contributed by atoms with Gasteiger partial charge in [0.15, 0.2) is 0 Å². The van der Waals surface area contributed by atoms with Crippen LogP contribution in [0.25, 0.3) is 0 Å². The lowest BCUT2D eigenvalue weighted by atomic mass is 10.0. The number of nitrogens with two attached hydrogens (primary N) is 1. The van der Waals surface area contributed by atoms with Crippen molar-refractivity contribution in [3.63, 3.8) is 0 Å². The zero-order chi connectivity index (χ0) is 10.6. The summed E-state index contributed by atoms with van der Waals surface area (Å²) < 4.78 is 24.6. The Labute approximate surface area is 81.0 Å². The maximum absolute atomic E-state index is 12.3. The summed E-state index contributed by atoms with van der Waals surface area (Å²) in [6.07, 6.45) is -2.36. The number of nitrogens with zero attached hydrogens (tertiary/aromatic N) is 1. The van der Waals surface area contributed by atoms with Gasteiger partial charge in [-0.3, -0.25) is 0 Å². The Balaban J connectivity index is 2.89. The topological polar surface area (TPSA) is 49.8 Å². The molecule has 0 aliphatic rings. The Morgan fingerprint density at radius 2 is 2.00 bits per heavy atom. The number of alkyl halides is 2. The number of rotatable bonds is 3. The van der Waals surface area contributed by atoms with Gasteiger partial charge in [-0.25, -0.2) is 8.78 Å². The third-order valence-electron chi connectivity index (χ3n) is 1.90. The summed E-state index contributed by atoms with van der Waals surface area (Å²) in [4.78, 5) is 0. The van der Waals surface area contributed by atoms with Crippen LogP contribution in [0.4, 0.5) is 8.78 Å². The number of halogens is 2. The Bertz CT molecular complexity index is 344. The number of nitriles is 1. The fraction of sp³-hybridized carbons (Fsp3) is 0.300. The van der Waals surface area contributed by atoms with Gasteiger partial charge >= 0.3 is 0 Å². The predicted molar refractivity (Wildman–Crippen MR) is 48.6 cm³/mol. The average Bonchev–Trinajstić information content (AvgIpc) is 2.18. The van der Waals surface area contributed by atoms with Crippen molar-refractivity contribution in [2.45, 2.75) is 18.9 Å². The van der Waals surface area contributed by atoms with E-state index >= 15 is 0 Å². The lowest BCUT2D eigenvalue weighted by molar-refractivity contribution is 0.151. The second-order valence-electron chi connectivity index (χ2n) is 2.94. The van der Waals surface area contributed by atoms with Crippen molar-refractivity contribution in [1.82, 2.24) is 0 Å². The maximum atomic E-state index is 12.3. The first kappa shape index (κ1) is 10.6. The van der Waals surface area contributed by atoms with E-state index < -0.39 is 12.5 Å². The SMILES string of the molecule is N#CCC(N)c1cccc(C(F)F)c1. The summed E-state index contributed by atoms with van der Waals surface area (Å²) in [5, 5.41) is 8.40. The monoisotopic (exact) mass is 196 g/mol. The third kappa shape index (κ3) is 2.51. The molecule has 0 amide bonds. The van der Waals surface area contributed by atoms with Gasteiger partial charge < -0.3 is 5.73 Å². The molecule has 14 heavy (non-hydrogen) atoms. The van der Waals surface area contributed by atoms with Gasteiger partial charge in [0, 0.05) is 11.6 Å². The van der Waals surface area contributed by atoms with Crippen LogP contribution in [-0.2, 0) is 0 Å². The predicted octanol–water partition coefficient (Wildman–Crippen LogP) is 2.54. The molecule has 1 aromatic rings. The number of hydrogen-bond donors (Lipinski definition) is 1. The first-order valence-electron chi connectivity index (χ1n) is 4.15. The minimum Gasteiger partial charge on any atom is -0.323 e. The highest BCUT2D eigenvalue weighted by molar-refractivity contribution is 5.27. The molecular weight excluding hydrogens is 186 g/mol. The van der Waals surface area contributed by atoms with Gasteiger partial charge in [-0.05, 0) is 11.6 Å². The summed E-state index contributed by atoms with van der Waals surface area (Å²) in [6, 6.07) is 7.26. The Morgan fingerprint density at radius 1 is 1.36 bits per heavy atom. The molecule has 0 bridgehead atoms. The molecule has 1 aromatic carbocycles. The lowest BCUT2D eigenvalue weighted by Gasteiger charge is -2.09. The molecule has 0 spiro atoms. The van der Waals surface area contributed by atoms with Crippen LogP contribution in [0.3, 0.4) is 0 Å². The molecule has 0 heterocycles. The molecule has 2 nitrogen and oxygen atoms in total. The minimum atomic E-state index is -2.50. The van der Waals surface area contributed by atoms with Crippen molar-refractivity contribution >= 4 is 0 Å². The quantitative estimate of drug-likeness (QED) is 0.807. The summed E-state index contributed by atoms with van der Waals surface area (Å²) in [7, 11) is 0. The molecule has 0 saturated heterocycles. The molecule has 0 aliphatic carbocycles. The molecule has 1 unspecified atom stereocenters. The first-order valence-corrected chi connectivity index (χ1v) is 4.15. The van der Waals surface area contributed by atoms with E-state index in [-0.39, 0.29) is 12.0 Å². The molecule has 0 fully saturated rings. The molecule has 1 rings (SSSR count). The van der Waals surface area contributed by atoms with Gasteiger partial charge in [-0.1, -0.05) is 18.2 Å². The Kier molecular flexibility index (Phi) is 3.55. The van der Waals surface area contributed by atoms with Crippen LogP contribution in [0.5, 0.6) is 0 Å². The highest BCUT2D eigenvalue weighted by atomic mass is 19.3. The van der Waals surface area contributed by atoms with Gasteiger partial charge in [0.1, 0.15) is 0 Å². The largest absolute Gasteiger partial charge is 0.323 e. The van der Waals surface area contributed by atoms with Crippen LogP contribution in [0.2, 0.25) is 0 Å². The van der Waals surface area contributed by atoms with Gasteiger partial charge in [-0.2, -0.15) is 5.26 Å². The van der Waals surface area contributed by atoms with Crippen molar-refractivity contribution in [1.29, 1.82) is 5.26 Å². The van der Waals surface area contributed by atoms with Crippen molar-refractivity contribution in [2.75, 3.05) is 0 Å². The van der Waals surface area contributed by atoms with Crippen LogP contribution in [0.15, 0.2) is 24.3 Å². The van der Waals surface area contributed by atoms with E-state index in [2.05, 4.69) is 0 Å². The Hall–Kier alpha value is -1.47. The highest BCUT2D eigenvalue weighted by Crippen LogP contribution is 2.22. The molecule has 0 aromatic heterocycles. The van der Waals surface area contributed by atoms with Crippen molar-refractivity contribution in [3.05, 3.63) is 35.4 Å². The van der Waals surface area contributed by atoms with E-state index in [0.717, 1.165) is 0 Å². The second-order valence-corrected chi connectivity index (χ2v) is 2.94. The third-order valence-corrected chi connectivity index (χ3v) is 1.90. The molecule has 74 valence electrons. The molecular formula is C10H10F2N2. The van der Waals surface area contributed by atoms with Gasteiger partial charge in [0.2, 0.25) is 0 Å². The summed E-state index contributed by atoms with van der Waals surface area (Å²) in [5.74, 6) is 0. The molecule has 0 radical (unpaired) electrons. The summed E-state index contributed by atoms with van der Waals surface area (Å²) in [6.45, 7) is 0. The first-order chi connectivity index (χ1) is 6.65. The summed E-state index contributed by atoms with van der Waals surface area (Å²) in [5.41, 5.74) is 6.12. The minimum absolute atomic E-state index is 0.0594. The Morgan fingerprint density at radius 3 is 2.57 bits per heavy atom. The van der Waals surface area contributed by atoms with E-state index in [1.165, 1.54) is 18.2 Å². The van der Waals surface area contributed by atoms with E-state index in [9.17, 15) is 8.78 Å². The van der Waals surface area contributed by atoms with E-state index in [1.807, 2.05) is 6.07 Å². The fourth-order valence-electron chi connectivity index (χ4n) is 1.14. The van der Waals surface area contributed by atoms with E-state index in [4.69, 9.17) is 11.0 Å². The zero-order valence-electron chi connectivity index (χ0n) is 7.45. The van der Waals surface area contributed by atoms with E-state index in [0.29, 0.717) is 5.56 Å². The molecule has 0 aliphatic heterocycles. The number of benzene rings is 1. The second kappa shape index (κ2) is 4.68. The molecule has 0 saturated carbocycles. The van der Waals surface area contributed by atoms with Crippen LogP contribution in [0, 0.1) is 11.3 Å². The lowest BCUT2D eigenvalue weighted by Crippen LogP contribution is -2.09. The standard InChI is InChI=1S/C10H10F2N2/c11-10(12)8-3-1-2-7(6-8)9(14)4-5-13/h1-3,6,9-10H,4,14H2. The zero-order valence-corrected chi connectivity index (χ0v) is 7.45. The van der Waals surface area contributed by atoms with Gasteiger partial charge in [-0.15, -0.1) is 0 Å². The smallest absolute Gasteiger partial charge is 0.263 e. The van der Waals surface area contributed by atoms with Crippen LogP contribution in [-0.4, -0.2) is 0 Å². The van der Waals surface area contributed by atoms with Crippen LogP contribution in [0.1, 0.15) is 30.0 Å².